The van der Waals surface area contributed by atoms with Crippen LogP contribution in [-0.2, 0) is 28.6 Å². The summed E-state index contributed by atoms with van der Waals surface area (Å²) in [6, 6.07) is 0. The van der Waals surface area contributed by atoms with Crippen molar-refractivity contribution in [1.29, 1.82) is 0 Å². The first-order chi connectivity index (χ1) is 32.5. The van der Waals surface area contributed by atoms with E-state index in [1.807, 2.05) is 0 Å². The third-order valence-electron chi connectivity index (χ3n) is 10.1. The van der Waals surface area contributed by atoms with Gasteiger partial charge in [0.15, 0.2) is 6.10 Å². The lowest BCUT2D eigenvalue weighted by atomic mass is 10.1. The molecule has 0 aromatic rings. The molecule has 0 aliphatic rings. The van der Waals surface area contributed by atoms with E-state index in [-0.39, 0.29) is 38.0 Å². The number of hydrogen-bond acceptors (Lipinski definition) is 6. The van der Waals surface area contributed by atoms with E-state index in [0.29, 0.717) is 19.3 Å². The standard InChI is InChI=1S/C60H92O6/c1-4-7-10-13-16-19-22-25-28-30-32-35-38-41-44-47-50-53-59(62)65-56-57(55-64-58(61)52-49-46-43-40-37-34-27-24-21-18-15-12-9-6-3)66-60(63)54-51-48-45-42-39-36-33-31-29-26-23-20-17-14-11-8-5-2/h7-12,16-21,25-26,28-29,32-33,35-36,41-42,44-45,57H,4-6,13-15,22-24,27,30-31,34,37-40,43,46-56H2,1-3H3/b10-7-,11-8-,12-9-,19-16-,20-17-,21-18-,28-25-,29-26-,35-32-,36-33-,44-41-,45-42-. The minimum Gasteiger partial charge on any atom is -0.462 e. The van der Waals surface area contributed by atoms with Gasteiger partial charge in [-0.1, -0.05) is 199 Å². The Bertz CT molecular complexity index is 1510. The molecule has 0 fully saturated rings. The topological polar surface area (TPSA) is 78.9 Å². The molecule has 0 radical (unpaired) electrons. The molecule has 1 unspecified atom stereocenters. The van der Waals surface area contributed by atoms with Crippen LogP contribution in [-0.4, -0.2) is 37.2 Å². The molecule has 0 rings (SSSR count). The lowest BCUT2D eigenvalue weighted by Gasteiger charge is -2.18. The largest absolute Gasteiger partial charge is 0.462 e. The average molecular weight is 909 g/mol. The molecule has 6 nitrogen and oxygen atoms in total. The maximum absolute atomic E-state index is 12.8. The summed E-state index contributed by atoms with van der Waals surface area (Å²) in [5.41, 5.74) is 0. The second kappa shape index (κ2) is 52.9. The van der Waals surface area contributed by atoms with Gasteiger partial charge in [0.2, 0.25) is 0 Å². The smallest absolute Gasteiger partial charge is 0.306 e. The Morgan fingerprint density at radius 1 is 0.303 bits per heavy atom. The number of unbranched alkanes of at least 4 members (excludes halogenated alkanes) is 9. The SMILES string of the molecule is CC/C=C\C/C=C\C/C=C\C/C=C\C/C=C\CCCC(=O)OCC(COC(=O)CCCCCCCCC/C=C\C/C=C\CC)OC(=O)CCC/C=C\C/C=C\C/C=C\C/C=C\C/C=C\CC. The van der Waals surface area contributed by atoms with E-state index in [0.717, 1.165) is 116 Å². The van der Waals surface area contributed by atoms with E-state index in [9.17, 15) is 14.4 Å². The summed E-state index contributed by atoms with van der Waals surface area (Å²) in [5, 5.41) is 0. The third kappa shape index (κ3) is 50.3. The quantitative estimate of drug-likeness (QED) is 0.0262. The molecule has 0 amide bonds. The van der Waals surface area contributed by atoms with E-state index in [1.54, 1.807) is 0 Å². The van der Waals surface area contributed by atoms with Crippen molar-refractivity contribution in [1.82, 2.24) is 0 Å². The highest BCUT2D eigenvalue weighted by Crippen LogP contribution is 2.12. The van der Waals surface area contributed by atoms with Crippen LogP contribution in [0.15, 0.2) is 146 Å². The Balaban J connectivity index is 4.62. The zero-order valence-corrected chi connectivity index (χ0v) is 41.9. The van der Waals surface area contributed by atoms with Gasteiger partial charge in [0.05, 0.1) is 0 Å². The van der Waals surface area contributed by atoms with Crippen LogP contribution < -0.4 is 0 Å². The Kier molecular flexibility index (Phi) is 49.1. The molecule has 0 aromatic heterocycles. The van der Waals surface area contributed by atoms with Crippen LogP contribution in [0.3, 0.4) is 0 Å². The van der Waals surface area contributed by atoms with Crippen LogP contribution in [0.1, 0.15) is 194 Å². The molecule has 0 N–H and O–H groups in total. The number of allylic oxidation sites excluding steroid dienone is 24. The second-order valence-electron chi connectivity index (χ2n) is 16.3. The van der Waals surface area contributed by atoms with Gasteiger partial charge in [0.1, 0.15) is 13.2 Å². The minimum atomic E-state index is -0.840. The molecule has 0 saturated heterocycles. The molecule has 0 heterocycles. The van der Waals surface area contributed by atoms with E-state index in [4.69, 9.17) is 14.2 Å². The van der Waals surface area contributed by atoms with Gasteiger partial charge in [0, 0.05) is 19.3 Å². The van der Waals surface area contributed by atoms with Crippen LogP contribution >= 0.6 is 0 Å². The molecular weight excluding hydrogens is 817 g/mol. The molecule has 6 heteroatoms. The second-order valence-corrected chi connectivity index (χ2v) is 16.3. The van der Waals surface area contributed by atoms with Crippen LogP contribution in [0.5, 0.6) is 0 Å². The summed E-state index contributed by atoms with van der Waals surface area (Å²) in [6.45, 7) is 6.17. The number of esters is 3. The molecule has 0 aliphatic heterocycles. The van der Waals surface area contributed by atoms with Gasteiger partial charge in [-0.25, -0.2) is 0 Å². The van der Waals surface area contributed by atoms with Gasteiger partial charge < -0.3 is 14.2 Å². The van der Waals surface area contributed by atoms with Crippen molar-refractivity contribution < 1.29 is 28.6 Å². The fraction of sp³-hybridized carbons (Fsp3) is 0.550. The fourth-order valence-corrected chi connectivity index (χ4v) is 6.31. The summed E-state index contributed by atoms with van der Waals surface area (Å²) in [4.78, 5) is 38.0. The molecule has 1 atom stereocenters. The van der Waals surface area contributed by atoms with E-state index >= 15 is 0 Å². The molecule has 0 aliphatic carbocycles. The Labute approximate surface area is 404 Å². The van der Waals surface area contributed by atoms with Crippen molar-refractivity contribution in [3.63, 3.8) is 0 Å². The Morgan fingerprint density at radius 3 is 0.909 bits per heavy atom. The normalized spacial score (nSPS) is 13.3. The monoisotopic (exact) mass is 909 g/mol. The maximum atomic E-state index is 12.8. The number of rotatable bonds is 44. The summed E-state index contributed by atoms with van der Waals surface area (Å²) < 4.78 is 16.7. The number of carbonyl (C=O) groups excluding carboxylic acids is 3. The summed E-state index contributed by atoms with van der Waals surface area (Å²) >= 11 is 0. The van der Waals surface area contributed by atoms with Gasteiger partial charge in [0.25, 0.3) is 0 Å². The van der Waals surface area contributed by atoms with E-state index in [1.165, 1.54) is 25.7 Å². The van der Waals surface area contributed by atoms with Crippen molar-refractivity contribution in [3.05, 3.63) is 146 Å². The summed E-state index contributed by atoms with van der Waals surface area (Å²) in [5.74, 6) is -1.07. The highest BCUT2D eigenvalue weighted by Gasteiger charge is 2.19. The van der Waals surface area contributed by atoms with E-state index < -0.39 is 12.1 Å². The van der Waals surface area contributed by atoms with Crippen molar-refractivity contribution >= 4 is 17.9 Å². The molecule has 66 heavy (non-hydrogen) atoms. The predicted molar refractivity (Wildman–Crippen MR) is 283 cm³/mol. The molecule has 368 valence electrons. The lowest BCUT2D eigenvalue weighted by Crippen LogP contribution is -2.30. The Hall–Kier alpha value is -4.71. The molecule has 0 aromatic carbocycles. The van der Waals surface area contributed by atoms with Gasteiger partial charge >= 0.3 is 17.9 Å². The predicted octanol–water partition coefficient (Wildman–Crippen LogP) is 17.3. The van der Waals surface area contributed by atoms with Gasteiger partial charge in [-0.2, -0.15) is 0 Å². The first kappa shape index (κ1) is 61.3. The molecule has 0 saturated carbocycles. The van der Waals surface area contributed by atoms with Crippen molar-refractivity contribution in [2.24, 2.45) is 0 Å². The third-order valence-corrected chi connectivity index (χ3v) is 10.1. The van der Waals surface area contributed by atoms with Crippen molar-refractivity contribution in [2.45, 2.75) is 200 Å². The average Bonchev–Trinajstić information content (AvgIpc) is 3.31. The summed E-state index contributed by atoms with van der Waals surface area (Å²) in [6.07, 6.45) is 75.6. The van der Waals surface area contributed by atoms with Crippen LogP contribution in [0.4, 0.5) is 0 Å². The van der Waals surface area contributed by atoms with E-state index in [2.05, 4.69) is 167 Å². The number of carbonyl (C=O) groups is 3. The van der Waals surface area contributed by atoms with Gasteiger partial charge in [-0.3, -0.25) is 14.4 Å². The Morgan fingerprint density at radius 2 is 0.561 bits per heavy atom. The van der Waals surface area contributed by atoms with Gasteiger partial charge in [-0.15, -0.1) is 0 Å². The zero-order chi connectivity index (χ0) is 47.9. The minimum absolute atomic E-state index is 0.129. The molecule has 0 bridgehead atoms. The highest BCUT2D eigenvalue weighted by molar-refractivity contribution is 5.71. The maximum Gasteiger partial charge on any atom is 0.306 e. The summed E-state index contributed by atoms with van der Waals surface area (Å²) in [7, 11) is 0. The molecular formula is C60H92O6. The first-order valence-electron chi connectivity index (χ1n) is 25.8. The van der Waals surface area contributed by atoms with Gasteiger partial charge in [-0.05, 0) is 122 Å². The van der Waals surface area contributed by atoms with Crippen molar-refractivity contribution in [3.8, 4) is 0 Å². The number of hydrogen-bond donors (Lipinski definition) is 0. The first-order valence-corrected chi connectivity index (χ1v) is 25.8. The van der Waals surface area contributed by atoms with Crippen LogP contribution in [0.25, 0.3) is 0 Å². The van der Waals surface area contributed by atoms with Crippen LogP contribution in [0.2, 0.25) is 0 Å². The highest BCUT2D eigenvalue weighted by atomic mass is 16.6. The zero-order valence-electron chi connectivity index (χ0n) is 41.9. The lowest BCUT2D eigenvalue weighted by molar-refractivity contribution is -0.167. The fourth-order valence-electron chi connectivity index (χ4n) is 6.31. The molecule has 0 spiro atoms. The van der Waals surface area contributed by atoms with Crippen molar-refractivity contribution in [2.75, 3.05) is 13.2 Å². The number of ether oxygens (including phenoxy) is 3. The van der Waals surface area contributed by atoms with Crippen LogP contribution in [0, 0.1) is 0 Å².